The van der Waals surface area contributed by atoms with Gasteiger partial charge in [-0.3, -0.25) is 0 Å². The van der Waals surface area contributed by atoms with Crippen molar-refractivity contribution < 1.29 is 0 Å². The molecule has 62 valence electrons. The van der Waals surface area contributed by atoms with Crippen LogP contribution in [0.5, 0.6) is 0 Å². The Morgan fingerprint density at radius 2 is 2.08 bits per heavy atom. The third-order valence-corrected chi connectivity index (χ3v) is 6.83. The summed E-state index contributed by atoms with van der Waals surface area (Å²) in [6.07, 6.45) is 1.78. The van der Waals surface area contributed by atoms with Gasteiger partial charge in [-0.25, -0.2) is 0 Å². The molecule has 0 amide bonds. The number of pyridine rings is 1. The van der Waals surface area contributed by atoms with E-state index in [4.69, 9.17) is 5.26 Å². The SMILES string of the molecule is [CH3][Sn]([CH3])([CH3])[c]1ncccc1C#N. The standard InChI is InChI=1S/C6H3N2.3CH3.Sn/c7-4-6-2-1-3-8-5-6;;;;/h1-3H;3*1H3;. The van der Waals surface area contributed by atoms with Crippen molar-refractivity contribution in [2.24, 2.45) is 0 Å². The molecule has 0 aliphatic carbocycles. The molecule has 1 aromatic heterocycles. The molecule has 0 saturated heterocycles. The van der Waals surface area contributed by atoms with Crippen LogP contribution in [0.2, 0.25) is 14.8 Å². The Kier molecular flexibility index (Phi) is 2.73. The van der Waals surface area contributed by atoms with Gasteiger partial charge in [0.1, 0.15) is 0 Å². The van der Waals surface area contributed by atoms with Crippen molar-refractivity contribution in [1.82, 2.24) is 4.98 Å². The predicted octanol–water partition coefficient (Wildman–Crippen LogP) is 1.50. The fourth-order valence-corrected chi connectivity index (χ4v) is 5.11. The molecular formula is C9H12N2Sn. The Balaban J connectivity index is 3.26. The van der Waals surface area contributed by atoms with Crippen LogP contribution in [0.25, 0.3) is 0 Å². The van der Waals surface area contributed by atoms with Crippen LogP contribution in [0.1, 0.15) is 5.56 Å². The molecule has 0 atom stereocenters. The third kappa shape index (κ3) is 1.98. The van der Waals surface area contributed by atoms with Crippen molar-refractivity contribution in [2.45, 2.75) is 14.8 Å². The molecule has 3 heteroatoms. The number of hydrogen-bond acceptors (Lipinski definition) is 2. The molecule has 0 aliphatic rings. The van der Waals surface area contributed by atoms with E-state index in [0.717, 1.165) is 9.27 Å². The van der Waals surface area contributed by atoms with Gasteiger partial charge < -0.3 is 0 Å². The average Bonchev–Trinajstić information content (AvgIpc) is 2.03. The van der Waals surface area contributed by atoms with Crippen LogP contribution >= 0.6 is 0 Å². The van der Waals surface area contributed by atoms with Gasteiger partial charge in [0.25, 0.3) is 0 Å². The summed E-state index contributed by atoms with van der Waals surface area (Å²) in [4.78, 5) is 11.1. The van der Waals surface area contributed by atoms with E-state index in [-0.39, 0.29) is 0 Å². The minimum atomic E-state index is -2.14. The Labute approximate surface area is 77.1 Å². The fraction of sp³-hybridized carbons (Fsp3) is 0.333. The Morgan fingerprint density at radius 3 is 2.50 bits per heavy atom. The fourth-order valence-electron chi connectivity index (χ4n) is 1.09. The van der Waals surface area contributed by atoms with Crippen LogP contribution in [0.3, 0.4) is 0 Å². The number of aromatic nitrogens is 1. The molecular weight excluding hydrogens is 255 g/mol. The Morgan fingerprint density at radius 1 is 1.42 bits per heavy atom. The molecule has 0 radical (unpaired) electrons. The first-order valence-corrected chi connectivity index (χ1v) is 13.9. The molecule has 0 N–H and O–H groups in total. The van der Waals surface area contributed by atoms with Crippen LogP contribution in [-0.2, 0) is 0 Å². The van der Waals surface area contributed by atoms with Gasteiger partial charge in [-0.2, -0.15) is 0 Å². The first-order valence-electron chi connectivity index (χ1n) is 3.91. The zero-order chi connectivity index (χ0) is 9.19. The molecule has 0 aliphatic heterocycles. The maximum atomic E-state index is 8.83. The first kappa shape index (κ1) is 9.53. The first-order chi connectivity index (χ1) is 5.55. The molecule has 0 fully saturated rings. The van der Waals surface area contributed by atoms with Crippen molar-refractivity contribution in [3.8, 4) is 6.07 Å². The van der Waals surface area contributed by atoms with Crippen LogP contribution in [0.15, 0.2) is 18.3 Å². The summed E-state index contributed by atoms with van der Waals surface area (Å²) in [6, 6.07) is 5.86. The monoisotopic (exact) mass is 268 g/mol. The van der Waals surface area contributed by atoms with E-state index in [2.05, 4.69) is 25.9 Å². The quantitative estimate of drug-likeness (QED) is 0.723. The van der Waals surface area contributed by atoms with Crippen molar-refractivity contribution in [3.05, 3.63) is 23.9 Å². The van der Waals surface area contributed by atoms with Crippen LogP contribution in [0, 0.1) is 11.3 Å². The van der Waals surface area contributed by atoms with Crippen molar-refractivity contribution in [3.63, 3.8) is 0 Å². The van der Waals surface area contributed by atoms with Crippen molar-refractivity contribution in [2.75, 3.05) is 0 Å². The molecule has 1 heterocycles. The number of nitrogens with zero attached hydrogens (tertiary/aromatic N) is 2. The van der Waals surface area contributed by atoms with Gasteiger partial charge in [0.05, 0.1) is 0 Å². The predicted molar refractivity (Wildman–Crippen MR) is 51.9 cm³/mol. The van der Waals surface area contributed by atoms with Crippen molar-refractivity contribution in [1.29, 1.82) is 5.26 Å². The van der Waals surface area contributed by atoms with Gasteiger partial charge in [0.15, 0.2) is 0 Å². The van der Waals surface area contributed by atoms with Gasteiger partial charge in [-0.1, -0.05) is 0 Å². The second-order valence-electron chi connectivity index (χ2n) is 3.76. The summed E-state index contributed by atoms with van der Waals surface area (Å²) < 4.78 is 1.08. The summed E-state index contributed by atoms with van der Waals surface area (Å²) in [6.45, 7) is 0. The van der Waals surface area contributed by atoms with Gasteiger partial charge in [0.2, 0.25) is 0 Å². The number of rotatable bonds is 1. The molecule has 0 unspecified atom stereocenters. The summed E-state index contributed by atoms with van der Waals surface area (Å²) in [5.74, 6) is 0. The summed E-state index contributed by atoms with van der Waals surface area (Å²) in [7, 11) is 0. The van der Waals surface area contributed by atoms with Crippen LogP contribution in [0.4, 0.5) is 0 Å². The van der Waals surface area contributed by atoms with Crippen LogP contribution < -0.4 is 3.71 Å². The molecule has 1 rings (SSSR count). The number of hydrogen-bond donors (Lipinski definition) is 0. The van der Waals surface area contributed by atoms with E-state index in [1.807, 2.05) is 12.1 Å². The van der Waals surface area contributed by atoms with E-state index >= 15 is 0 Å². The van der Waals surface area contributed by atoms with Crippen molar-refractivity contribution >= 4 is 22.1 Å². The average molecular weight is 267 g/mol. The van der Waals surface area contributed by atoms with E-state index in [1.54, 1.807) is 6.20 Å². The van der Waals surface area contributed by atoms with E-state index in [9.17, 15) is 0 Å². The molecule has 0 saturated carbocycles. The Hall–Kier alpha value is -0.561. The molecule has 12 heavy (non-hydrogen) atoms. The van der Waals surface area contributed by atoms with Gasteiger partial charge in [-0.05, 0) is 0 Å². The zero-order valence-electron chi connectivity index (χ0n) is 7.63. The summed E-state index contributed by atoms with van der Waals surface area (Å²) in [5.41, 5.74) is 0.765. The third-order valence-electron chi connectivity index (χ3n) is 1.64. The van der Waals surface area contributed by atoms with Gasteiger partial charge >= 0.3 is 77.1 Å². The molecule has 0 bridgehead atoms. The topological polar surface area (TPSA) is 36.7 Å². The Bertz CT molecular complexity index is 320. The van der Waals surface area contributed by atoms with E-state index < -0.39 is 18.4 Å². The normalized spacial score (nSPS) is 10.8. The zero-order valence-corrected chi connectivity index (χ0v) is 10.5. The summed E-state index contributed by atoms with van der Waals surface area (Å²) in [5, 5.41) is 8.83. The molecule has 2 nitrogen and oxygen atoms in total. The maximum absolute atomic E-state index is 8.83. The molecule has 0 spiro atoms. The summed E-state index contributed by atoms with van der Waals surface area (Å²) >= 11 is -2.14. The minimum absolute atomic E-state index is 0.765. The number of nitriles is 1. The van der Waals surface area contributed by atoms with Gasteiger partial charge in [-0.15, -0.1) is 0 Å². The molecule has 1 aromatic rings. The second-order valence-corrected chi connectivity index (χ2v) is 18.0. The molecule has 0 aromatic carbocycles. The van der Waals surface area contributed by atoms with E-state index in [1.165, 1.54) is 0 Å². The van der Waals surface area contributed by atoms with Crippen LogP contribution in [-0.4, -0.2) is 23.4 Å². The van der Waals surface area contributed by atoms with E-state index in [0.29, 0.717) is 0 Å². The van der Waals surface area contributed by atoms with Gasteiger partial charge in [0, 0.05) is 0 Å². The second kappa shape index (κ2) is 3.44.